The molecule has 2 aliphatic heterocycles. The van der Waals surface area contributed by atoms with Gasteiger partial charge in [-0.05, 0) is 52.0 Å². The Bertz CT molecular complexity index is 1050. The van der Waals surface area contributed by atoms with E-state index in [1.165, 1.54) is 0 Å². The number of nitriles is 1. The van der Waals surface area contributed by atoms with Gasteiger partial charge in [-0.15, -0.1) is 0 Å². The smallest absolute Gasteiger partial charge is 0.253 e. The largest absolute Gasteiger partial charge is 0.490 e. The van der Waals surface area contributed by atoms with Gasteiger partial charge in [0.15, 0.2) is 0 Å². The van der Waals surface area contributed by atoms with E-state index in [1.54, 1.807) is 18.2 Å². The van der Waals surface area contributed by atoms with E-state index >= 15 is 0 Å². The zero-order chi connectivity index (χ0) is 23.6. The Hall–Kier alpha value is -3.04. The Labute approximate surface area is 196 Å². The van der Waals surface area contributed by atoms with E-state index in [-0.39, 0.29) is 29.8 Å². The Morgan fingerprint density at radius 1 is 1.12 bits per heavy atom. The van der Waals surface area contributed by atoms with Crippen LogP contribution in [0.15, 0.2) is 42.5 Å². The van der Waals surface area contributed by atoms with Crippen LogP contribution in [0.5, 0.6) is 11.5 Å². The molecule has 0 aliphatic carbocycles. The predicted octanol–water partition coefficient (Wildman–Crippen LogP) is 5.27. The first-order valence-corrected chi connectivity index (χ1v) is 11.7. The number of nitrogens with zero attached hydrogens (tertiary/aromatic N) is 2. The minimum atomic E-state index is -0.336. The Kier molecular flexibility index (Phi) is 6.62. The molecule has 2 aromatic carbocycles. The number of amides is 1. The van der Waals surface area contributed by atoms with Gasteiger partial charge in [0, 0.05) is 43.5 Å². The fourth-order valence-corrected chi connectivity index (χ4v) is 4.73. The molecule has 1 fully saturated rings. The third-order valence-electron chi connectivity index (χ3n) is 6.26. The van der Waals surface area contributed by atoms with Crippen LogP contribution in [0.1, 0.15) is 74.5 Å². The van der Waals surface area contributed by atoms with Crippen molar-refractivity contribution in [1.82, 2.24) is 4.90 Å². The lowest BCUT2D eigenvalue weighted by Gasteiger charge is -2.47. The zero-order valence-electron chi connectivity index (χ0n) is 19.8. The number of carbonyl (C=O) groups is 1. The summed E-state index contributed by atoms with van der Waals surface area (Å²) in [6.07, 6.45) is 2.33. The summed E-state index contributed by atoms with van der Waals surface area (Å²) >= 11 is 0. The van der Waals surface area contributed by atoms with Gasteiger partial charge in [0.2, 0.25) is 0 Å². The van der Waals surface area contributed by atoms with Crippen LogP contribution in [0.25, 0.3) is 0 Å². The van der Waals surface area contributed by atoms with E-state index < -0.39 is 0 Å². The Morgan fingerprint density at radius 2 is 1.85 bits per heavy atom. The van der Waals surface area contributed by atoms with Crippen LogP contribution < -0.4 is 9.47 Å². The molecule has 2 heterocycles. The van der Waals surface area contributed by atoms with Crippen molar-refractivity contribution < 1.29 is 19.0 Å². The summed E-state index contributed by atoms with van der Waals surface area (Å²) in [6, 6.07) is 15.3. The van der Waals surface area contributed by atoms with Crippen LogP contribution in [0.4, 0.5) is 0 Å². The molecule has 33 heavy (non-hydrogen) atoms. The van der Waals surface area contributed by atoms with Crippen molar-refractivity contribution >= 4 is 5.91 Å². The van der Waals surface area contributed by atoms with Crippen LogP contribution in [0.2, 0.25) is 0 Å². The molecule has 174 valence electrons. The maximum atomic E-state index is 13.2. The normalized spacial score (nSPS) is 19.2. The lowest BCUT2D eigenvalue weighted by atomic mass is 9.81. The zero-order valence-corrected chi connectivity index (χ0v) is 19.8. The third-order valence-corrected chi connectivity index (χ3v) is 6.26. The number of carbonyl (C=O) groups excluding carboxylic acids is 1. The van der Waals surface area contributed by atoms with Crippen molar-refractivity contribution in [2.45, 2.75) is 70.9 Å². The molecular weight excluding hydrogens is 416 g/mol. The van der Waals surface area contributed by atoms with Gasteiger partial charge in [0.25, 0.3) is 5.91 Å². The summed E-state index contributed by atoms with van der Waals surface area (Å²) in [4.78, 5) is 15.0. The summed E-state index contributed by atoms with van der Waals surface area (Å²) in [6.45, 7) is 9.12. The van der Waals surface area contributed by atoms with Crippen LogP contribution in [0, 0.1) is 11.3 Å². The molecular formula is C27H32N2O4. The summed E-state index contributed by atoms with van der Waals surface area (Å²) < 4.78 is 18.4. The molecule has 1 amide bonds. The highest BCUT2D eigenvalue weighted by atomic mass is 16.5. The van der Waals surface area contributed by atoms with Crippen molar-refractivity contribution in [2.24, 2.45) is 0 Å². The van der Waals surface area contributed by atoms with Crippen LogP contribution in [0.3, 0.4) is 0 Å². The third kappa shape index (κ3) is 4.99. The maximum Gasteiger partial charge on any atom is 0.253 e. The standard InChI is InChI=1S/C27H32N2O4/c1-18(2)31-23-10-9-20(15-21(23)17-28)26(30)29-13-11-27(12-14-29)16-25(32-19(3)4)22-7-5-6-8-24(22)33-27/h5-10,15,18-19,25H,11-14,16H2,1-4H3/t25-/m0/s1. The van der Waals surface area contributed by atoms with Gasteiger partial charge in [-0.3, -0.25) is 4.79 Å². The van der Waals surface area contributed by atoms with Gasteiger partial charge in [0.05, 0.1) is 23.9 Å². The number of rotatable bonds is 5. The second-order valence-corrected chi connectivity index (χ2v) is 9.48. The van der Waals surface area contributed by atoms with E-state index in [1.807, 2.05) is 36.9 Å². The molecule has 2 aromatic rings. The van der Waals surface area contributed by atoms with E-state index in [2.05, 4.69) is 26.0 Å². The summed E-state index contributed by atoms with van der Waals surface area (Å²) in [5, 5.41) is 9.50. The van der Waals surface area contributed by atoms with E-state index in [4.69, 9.17) is 14.2 Å². The maximum absolute atomic E-state index is 13.2. The molecule has 0 unspecified atom stereocenters. The van der Waals surface area contributed by atoms with Crippen LogP contribution >= 0.6 is 0 Å². The van der Waals surface area contributed by atoms with Gasteiger partial charge in [-0.2, -0.15) is 5.26 Å². The molecule has 4 rings (SSSR count). The van der Waals surface area contributed by atoms with Gasteiger partial charge < -0.3 is 19.1 Å². The molecule has 0 radical (unpaired) electrons. The molecule has 2 aliphatic rings. The van der Waals surface area contributed by atoms with Crippen molar-refractivity contribution in [3.63, 3.8) is 0 Å². The monoisotopic (exact) mass is 448 g/mol. The van der Waals surface area contributed by atoms with E-state index in [0.717, 1.165) is 30.6 Å². The number of hydrogen-bond donors (Lipinski definition) is 0. The quantitative estimate of drug-likeness (QED) is 0.623. The summed E-state index contributed by atoms with van der Waals surface area (Å²) in [5.41, 5.74) is 1.65. The molecule has 6 nitrogen and oxygen atoms in total. The fourth-order valence-electron chi connectivity index (χ4n) is 4.73. The number of ether oxygens (including phenoxy) is 3. The van der Waals surface area contributed by atoms with Crippen molar-refractivity contribution in [2.75, 3.05) is 13.1 Å². The van der Waals surface area contributed by atoms with Gasteiger partial charge >= 0.3 is 0 Å². The lowest BCUT2D eigenvalue weighted by molar-refractivity contribution is -0.0872. The lowest BCUT2D eigenvalue weighted by Crippen LogP contribution is -2.52. The Morgan fingerprint density at radius 3 is 2.52 bits per heavy atom. The topological polar surface area (TPSA) is 71.8 Å². The number of para-hydroxylation sites is 1. The summed E-state index contributed by atoms with van der Waals surface area (Å²) in [5.74, 6) is 1.32. The van der Waals surface area contributed by atoms with Crippen LogP contribution in [-0.4, -0.2) is 41.7 Å². The molecule has 1 spiro atoms. The van der Waals surface area contributed by atoms with Gasteiger partial charge in [-0.1, -0.05) is 18.2 Å². The highest BCUT2D eigenvalue weighted by Crippen LogP contribution is 2.46. The average molecular weight is 449 g/mol. The molecule has 1 saturated heterocycles. The minimum Gasteiger partial charge on any atom is -0.490 e. The molecule has 0 saturated carbocycles. The highest BCUT2D eigenvalue weighted by Gasteiger charge is 2.44. The first kappa shape index (κ1) is 23.1. The van der Waals surface area contributed by atoms with Crippen molar-refractivity contribution in [3.05, 3.63) is 59.2 Å². The van der Waals surface area contributed by atoms with Crippen molar-refractivity contribution in [1.29, 1.82) is 5.26 Å². The second kappa shape index (κ2) is 9.44. The van der Waals surface area contributed by atoms with Crippen LogP contribution in [-0.2, 0) is 4.74 Å². The van der Waals surface area contributed by atoms with E-state index in [9.17, 15) is 10.1 Å². The molecule has 1 atom stereocenters. The summed E-state index contributed by atoms with van der Waals surface area (Å²) in [7, 11) is 0. The van der Waals surface area contributed by atoms with E-state index in [0.29, 0.717) is 30.0 Å². The second-order valence-electron chi connectivity index (χ2n) is 9.48. The fraction of sp³-hybridized carbons (Fsp3) is 0.481. The molecule has 0 bridgehead atoms. The number of piperidine rings is 1. The van der Waals surface area contributed by atoms with Crippen molar-refractivity contribution in [3.8, 4) is 17.6 Å². The van der Waals surface area contributed by atoms with Gasteiger partial charge in [-0.25, -0.2) is 0 Å². The number of fused-ring (bicyclic) bond motifs is 1. The molecule has 0 aromatic heterocycles. The SMILES string of the molecule is CC(C)Oc1ccc(C(=O)N2CCC3(CC2)C[C@H](OC(C)C)c2ccccc2O3)cc1C#N. The Balaban J connectivity index is 1.47. The number of likely N-dealkylation sites (tertiary alicyclic amines) is 1. The average Bonchev–Trinajstić information content (AvgIpc) is 2.78. The molecule has 0 N–H and O–H groups in total. The first-order valence-electron chi connectivity index (χ1n) is 11.7. The highest BCUT2D eigenvalue weighted by molar-refractivity contribution is 5.95. The minimum absolute atomic E-state index is 0.0103. The number of hydrogen-bond acceptors (Lipinski definition) is 5. The number of benzene rings is 2. The predicted molar refractivity (Wildman–Crippen MR) is 125 cm³/mol. The van der Waals surface area contributed by atoms with Gasteiger partial charge in [0.1, 0.15) is 23.2 Å². The molecule has 6 heteroatoms. The first-order chi connectivity index (χ1) is 15.8.